The van der Waals surface area contributed by atoms with Crippen LogP contribution < -0.4 is 10.2 Å². The monoisotopic (exact) mass is 398 g/mol. The highest BCUT2D eigenvalue weighted by molar-refractivity contribution is 6.36. The normalized spacial score (nSPS) is 13.2. The first-order valence-corrected chi connectivity index (χ1v) is 9.27. The summed E-state index contributed by atoms with van der Waals surface area (Å²) in [6, 6.07) is 14.8. The molecule has 0 radical (unpaired) electrons. The van der Waals surface area contributed by atoms with Gasteiger partial charge in [0.05, 0.1) is 10.7 Å². The summed E-state index contributed by atoms with van der Waals surface area (Å²) in [5.74, 6) is 0.194. The minimum absolute atomic E-state index is 0.282. The third-order valence-electron chi connectivity index (χ3n) is 4.47. The van der Waals surface area contributed by atoms with Crippen LogP contribution in [-0.4, -0.2) is 22.4 Å². The topological polar surface area (TPSA) is 58.1 Å². The van der Waals surface area contributed by atoms with Crippen LogP contribution in [0.2, 0.25) is 10.0 Å². The van der Waals surface area contributed by atoms with Crippen LogP contribution in [0.3, 0.4) is 0 Å². The Balaban J connectivity index is 1.53. The molecule has 4 rings (SSSR count). The molecule has 5 nitrogen and oxygen atoms in total. The fourth-order valence-corrected chi connectivity index (χ4v) is 3.53. The average Bonchev–Trinajstić information content (AvgIpc) is 2.70. The Morgan fingerprint density at radius 2 is 1.89 bits per heavy atom. The molecule has 1 aliphatic heterocycles. The molecule has 0 bridgehead atoms. The largest absolute Gasteiger partial charge is 0.336 e. The van der Waals surface area contributed by atoms with Crippen LogP contribution >= 0.6 is 23.2 Å². The second-order valence-electron chi connectivity index (χ2n) is 6.26. The van der Waals surface area contributed by atoms with Gasteiger partial charge in [-0.1, -0.05) is 47.5 Å². The fourth-order valence-electron chi connectivity index (χ4n) is 3.07. The first kappa shape index (κ1) is 17.8. The van der Waals surface area contributed by atoms with Gasteiger partial charge in [0.25, 0.3) is 5.91 Å². The molecule has 0 spiro atoms. The number of anilines is 2. The lowest BCUT2D eigenvalue weighted by Gasteiger charge is -2.28. The van der Waals surface area contributed by atoms with Crippen molar-refractivity contribution in [1.82, 2.24) is 9.97 Å². The third-order valence-corrected chi connectivity index (χ3v) is 5.02. The molecular weight excluding hydrogens is 383 g/mol. The summed E-state index contributed by atoms with van der Waals surface area (Å²) in [4.78, 5) is 23.4. The highest BCUT2D eigenvalue weighted by Gasteiger charge is 2.19. The van der Waals surface area contributed by atoms with Gasteiger partial charge in [-0.05, 0) is 41.8 Å². The first-order valence-electron chi connectivity index (χ1n) is 8.51. The number of hydrogen-bond donors (Lipinski definition) is 1. The van der Waals surface area contributed by atoms with Crippen molar-refractivity contribution in [2.45, 2.75) is 13.0 Å². The van der Waals surface area contributed by atoms with Crippen LogP contribution in [0.25, 0.3) is 0 Å². The van der Waals surface area contributed by atoms with Crippen LogP contribution in [0.5, 0.6) is 0 Å². The molecule has 0 aliphatic carbocycles. The predicted molar refractivity (Wildman–Crippen MR) is 108 cm³/mol. The quantitative estimate of drug-likeness (QED) is 0.700. The second-order valence-corrected chi connectivity index (χ2v) is 7.10. The van der Waals surface area contributed by atoms with Crippen LogP contribution in [0.1, 0.15) is 21.6 Å². The van der Waals surface area contributed by atoms with E-state index in [0.29, 0.717) is 21.7 Å². The number of nitrogens with one attached hydrogen (secondary N) is 1. The molecule has 1 aromatic heterocycles. The summed E-state index contributed by atoms with van der Waals surface area (Å²) < 4.78 is 0. The SMILES string of the molecule is O=C(Nc1ccc(Cl)cc1Cl)c1ccnc(N2CCc3ccccc3C2)n1. The van der Waals surface area contributed by atoms with Crippen molar-refractivity contribution in [1.29, 1.82) is 0 Å². The van der Waals surface area contributed by atoms with Gasteiger partial charge < -0.3 is 10.2 Å². The van der Waals surface area contributed by atoms with Crippen LogP contribution in [0.15, 0.2) is 54.7 Å². The van der Waals surface area contributed by atoms with Gasteiger partial charge in [-0.25, -0.2) is 9.97 Å². The molecule has 2 aromatic carbocycles. The van der Waals surface area contributed by atoms with Gasteiger partial charge in [0.2, 0.25) is 5.95 Å². The smallest absolute Gasteiger partial charge is 0.274 e. The van der Waals surface area contributed by atoms with Gasteiger partial charge in [-0.3, -0.25) is 4.79 Å². The summed E-state index contributed by atoms with van der Waals surface area (Å²) >= 11 is 12.0. The highest BCUT2D eigenvalue weighted by Crippen LogP contribution is 2.26. The molecule has 1 aliphatic rings. The standard InChI is InChI=1S/C20H16Cl2N4O/c21-15-5-6-17(16(22)11-15)24-19(27)18-7-9-23-20(25-18)26-10-8-13-3-1-2-4-14(13)12-26/h1-7,9,11H,8,10,12H2,(H,24,27). The molecule has 136 valence electrons. The Morgan fingerprint density at radius 1 is 1.07 bits per heavy atom. The van der Waals surface area contributed by atoms with Gasteiger partial charge in [-0.15, -0.1) is 0 Å². The molecule has 0 fully saturated rings. The van der Waals surface area contributed by atoms with E-state index in [9.17, 15) is 4.79 Å². The summed E-state index contributed by atoms with van der Waals surface area (Å²) in [7, 11) is 0. The van der Waals surface area contributed by atoms with Crippen LogP contribution in [0, 0.1) is 0 Å². The van der Waals surface area contributed by atoms with Crippen molar-refractivity contribution in [2.75, 3.05) is 16.8 Å². The van der Waals surface area contributed by atoms with Crippen molar-refractivity contribution in [3.63, 3.8) is 0 Å². The van der Waals surface area contributed by atoms with Crippen LogP contribution in [0.4, 0.5) is 11.6 Å². The maximum absolute atomic E-state index is 12.6. The lowest BCUT2D eigenvalue weighted by atomic mass is 10.0. The first-order chi connectivity index (χ1) is 13.1. The molecule has 1 amide bonds. The third kappa shape index (κ3) is 3.89. The number of halogens is 2. The van der Waals surface area contributed by atoms with Gasteiger partial charge in [0, 0.05) is 24.3 Å². The second kappa shape index (κ2) is 7.55. The Bertz CT molecular complexity index is 1010. The number of aromatic nitrogens is 2. The molecule has 2 heterocycles. The lowest BCUT2D eigenvalue weighted by molar-refractivity contribution is 0.102. The number of nitrogens with zero attached hydrogens (tertiary/aromatic N) is 3. The molecule has 7 heteroatoms. The number of amides is 1. The Kier molecular flexibility index (Phi) is 4.97. The van der Waals surface area contributed by atoms with E-state index in [1.165, 1.54) is 11.1 Å². The van der Waals surface area contributed by atoms with E-state index < -0.39 is 0 Å². The van der Waals surface area contributed by atoms with Gasteiger partial charge in [0.15, 0.2) is 0 Å². The van der Waals surface area contributed by atoms with Crippen molar-refractivity contribution in [2.24, 2.45) is 0 Å². The van der Waals surface area contributed by atoms with Crippen molar-refractivity contribution < 1.29 is 4.79 Å². The number of hydrogen-bond acceptors (Lipinski definition) is 4. The summed E-state index contributed by atoms with van der Waals surface area (Å²) in [5.41, 5.74) is 3.37. The number of benzene rings is 2. The molecule has 1 N–H and O–H groups in total. The van der Waals surface area contributed by atoms with Gasteiger partial charge in [-0.2, -0.15) is 0 Å². The zero-order valence-corrected chi connectivity index (χ0v) is 15.8. The van der Waals surface area contributed by atoms with E-state index >= 15 is 0 Å². The molecule has 27 heavy (non-hydrogen) atoms. The minimum atomic E-state index is -0.347. The van der Waals surface area contributed by atoms with Crippen molar-refractivity contribution >= 4 is 40.7 Å². The zero-order valence-electron chi connectivity index (χ0n) is 14.3. The minimum Gasteiger partial charge on any atom is -0.336 e. The van der Waals surface area contributed by atoms with E-state index in [1.54, 1.807) is 30.5 Å². The van der Waals surface area contributed by atoms with E-state index in [0.717, 1.165) is 19.5 Å². The van der Waals surface area contributed by atoms with Gasteiger partial charge in [0.1, 0.15) is 5.69 Å². The van der Waals surface area contributed by atoms with Gasteiger partial charge >= 0.3 is 0 Å². The van der Waals surface area contributed by atoms with E-state index in [1.807, 2.05) is 6.07 Å². The number of fused-ring (bicyclic) bond motifs is 1. The average molecular weight is 399 g/mol. The predicted octanol–water partition coefficient (Wildman–Crippen LogP) is 4.60. The van der Waals surface area contributed by atoms with Crippen LogP contribution in [-0.2, 0) is 13.0 Å². The summed E-state index contributed by atoms with van der Waals surface area (Å²) in [6.07, 6.45) is 2.53. The van der Waals surface area contributed by atoms with Crippen molar-refractivity contribution in [3.8, 4) is 0 Å². The molecule has 3 aromatic rings. The molecular formula is C20H16Cl2N4O. The maximum atomic E-state index is 12.6. The number of carbonyl (C=O) groups is 1. The summed E-state index contributed by atoms with van der Waals surface area (Å²) in [5, 5.41) is 3.64. The number of carbonyl (C=O) groups excluding carboxylic acids is 1. The summed E-state index contributed by atoms with van der Waals surface area (Å²) in [6.45, 7) is 1.54. The Hall–Kier alpha value is -2.63. The highest BCUT2D eigenvalue weighted by atomic mass is 35.5. The fraction of sp³-hybridized carbons (Fsp3) is 0.150. The van der Waals surface area contributed by atoms with E-state index in [2.05, 4.69) is 38.4 Å². The molecule has 0 saturated heterocycles. The molecule has 0 saturated carbocycles. The zero-order chi connectivity index (χ0) is 18.8. The maximum Gasteiger partial charge on any atom is 0.274 e. The number of rotatable bonds is 3. The Morgan fingerprint density at radius 3 is 2.70 bits per heavy atom. The molecule has 0 unspecified atom stereocenters. The Labute approximate surface area is 167 Å². The van der Waals surface area contributed by atoms with Crippen molar-refractivity contribution in [3.05, 3.63) is 81.6 Å². The lowest BCUT2D eigenvalue weighted by Crippen LogP contribution is -2.32. The van der Waals surface area contributed by atoms with E-state index in [4.69, 9.17) is 23.2 Å². The van der Waals surface area contributed by atoms with E-state index in [-0.39, 0.29) is 11.6 Å². The molecule has 0 atom stereocenters.